The first-order chi connectivity index (χ1) is 19.7. The van der Waals surface area contributed by atoms with E-state index in [0.29, 0.717) is 17.9 Å². The smallest absolute Gasteiger partial charge is 0.338 e. The Morgan fingerprint density at radius 1 is 0.675 bits per heavy atom. The van der Waals surface area contributed by atoms with Gasteiger partial charge in [-0.05, 0) is 28.8 Å². The first kappa shape index (κ1) is 28.6. The molecule has 0 N–H and O–H groups in total. The fourth-order valence-corrected chi connectivity index (χ4v) is 4.00. The van der Waals surface area contributed by atoms with Crippen LogP contribution in [0.15, 0.2) is 133 Å². The molecule has 0 aliphatic carbocycles. The molecule has 4 aromatic rings. The van der Waals surface area contributed by atoms with Crippen LogP contribution in [0.5, 0.6) is 0 Å². The number of benzene rings is 4. The molecule has 0 spiro atoms. The third-order valence-corrected chi connectivity index (χ3v) is 6.03. The molecule has 0 fully saturated rings. The lowest BCUT2D eigenvalue weighted by atomic mass is 10.1. The molecule has 206 valence electrons. The van der Waals surface area contributed by atoms with Crippen molar-refractivity contribution >= 4 is 5.97 Å². The predicted octanol–water partition coefficient (Wildman–Crippen LogP) is 6.72. The van der Waals surface area contributed by atoms with Crippen LogP contribution < -0.4 is 0 Å². The van der Waals surface area contributed by atoms with Crippen molar-refractivity contribution in [1.29, 1.82) is 0 Å². The molecule has 0 heterocycles. The molecule has 0 unspecified atom stereocenters. The van der Waals surface area contributed by atoms with E-state index in [1.807, 2.05) is 97.1 Å². The van der Waals surface area contributed by atoms with Crippen molar-refractivity contribution in [2.45, 2.75) is 32.0 Å². The largest absolute Gasteiger partial charge is 0.501 e. The van der Waals surface area contributed by atoms with Gasteiger partial charge in [-0.15, -0.1) is 0 Å². The minimum atomic E-state index is -0.836. The monoisotopic (exact) mass is 538 g/mol. The fraction of sp³-hybridized carbons (Fsp3) is 0.206. The highest BCUT2D eigenvalue weighted by atomic mass is 16.6. The number of ether oxygens (including phenoxy) is 5. The van der Waals surface area contributed by atoms with E-state index in [0.717, 1.165) is 16.7 Å². The van der Waals surface area contributed by atoms with E-state index in [-0.39, 0.29) is 19.8 Å². The van der Waals surface area contributed by atoms with Gasteiger partial charge in [0.15, 0.2) is 18.0 Å². The second-order valence-electron chi connectivity index (χ2n) is 9.06. The standard InChI is InChI=1S/C34H34O6/c1-36-25-31(38-23-28-16-8-3-9-17-28)33(39-24-29-18-10-4-11-19-29)32(26-37-22-27-14-6-2-7-15-27)40-34(35)30-20-12-5-13-21-30/h2-21,25,32-33H,22-24,26H2,1H3/b31-25+/t32-,33-/m1/s1. The zero-order valence-corrected chi connectivity index (χ0v) is 22.6. The molecule has 0 saturated carbocycles. The maximum atomic E-state index is 13.2. The zero-order chi connectivity index (χ0) is 27.8. The Balaban J connectivity index is 1.59. The van der Waals surface area contributed by atoms with Crippen molar-refractivity contribution in [2.75, 3.05) is 13.7 Å². The first-order valence-electron chi connectivity index (χ1n) is 13.2. The van der Waals surface area contributed by atoms with Gasteiger partial charge in [-0.1, -0.05) is 109 Å². The lowest BCUT2D eigenvalue weighted by Gasteiger charge is -2.29. The van der Waals surface area contributed by atoms with E-state index in [1.165, 1.54) is 13.4 Å². The Morgan fingerprint density at radius 3 is 1.73 bits per heavy atom. The van der Waals surface area contributed by atoms with Gasteiger partial charge in [0.1, 0.15) is 12.9 Å². The van der Waals surface area contributed by atoms with Gasteiger partial charge in [-0.25, -0.2) is 4.79 Å². The summed E-state index contributed by atoms with van der Waals surface area (Å²) in [6, 6.07) is 38.2. The van der Waals surface area contributed by atoms with Crippen LogP contribution in [0.25, 0.3) is 0 Å². The van der Waals surface area contributed by atoms with Crippen LogP contribution in [0.1, 0.15) is 27.0 Å². The number of esters is 1. The number of hydrogen-bond donors (Lipinski definition) is 0. The van der Waals surface area contributed by atoms with Crippen molar-refractivity contribution in [2.24, 2.45) is 0 Å². The summed E-state index contributed by atoms with van der Waals surface area (Å²) >= 11 is 0. The van der Waals surface area contributed by atoms with Crippen LogP contribution in [-0.2, 0) is 43.5 Å². The fourth-order valence-electron chi connectivity index (χ4n) is 4.00. The topological polar surface area (TPSA) is 63.2 Å². The van der Waals surface area contributed by atoms with Crippen molar-refractivity contribution in [3.63, 3.8) is 0 Å². The van der Waals surface area contributed by atoms with Crippen LogP contribution >= 0.6 is 0 Å². The van der Waals surface area contributed by atoms with Crippen LogP contribution in [0.4, 0.5) is 0 Å². The normalized spacial score (nSPS) is 12.8. The first-order valence-corrected chi connectivity index (χ1v) is 13.2. The Labute approximate surface area is 235 Å². The van der Waals surface area contributed by atoms with Gasteiger partial charge >= 0.3 is 5.97 Å². The molecule has 0 amide bonds. The summed E-state index contributed by atoms with van der Waals surface area (Å²) in [6.45, 7) is 0.966. The van der Waals surface area contributed by atoms with Crippen molar-refractivity contribution in [1.82, 2.24) is 0 Å². The molecule has 6 nitrogen and oxygen atoms in total. The molecule has 0 aliphatic heterocycles. The van der Waals surface area contributed by atoms with Gasteiger partial charge in [0.05, 0.1) is 32.5 Å². The SMILES string of the molecule is CO/C=C(/OCc1ccccc1)[C@@H](OCc1ccccc1)[C@@H](COCc1ccccc1)OC(=O)c1ccccc1. The van der Waals surface area contributed by atoms with Gasteiger partial charge in [-0.3, -0.25) is 0 Å². The molecule has 0 aromatic heterocycles. The van der Waals surface area contributed by atoms with E-state index in [2.05, 4.69) is 0 Å². The van der Waals surface area contributed by atoms with E-state index >= 15 is 0 Å². The second-order valence-corrected chi connectivity index (χ2v) is 9.06. The number of rotatable bonds is 15. The maximum absolute atomic E-state index is 13.2. The Hall–Kier alpha value is -4.39. The molecular formula is C34H34O6. The minimum Gasteiger partial charge on any atom is -0.501 e. The van der Waals surface area contributed by atoms with Gasteiger partial charge in [-0.2, -0.15) is 0 Å². The molecule has 4 aromatic carbocycles. The zero-order valence-electron chi connectivity index (χ0n) is 22.6. The summed E-state index contributed by atoms with van der Waals surface area (Å²) in [4.78, 5) is 13.2. The third-order valence-electron chi connectivity index (χ3n) is 6.03. The molecule has 0 aliphatic rings. The summed E-state index contributed by atoms with van der Waals surface area (Å²) < 4.78 is 30.1. The summed E-state index contributed by atoms with van der Waals surface area (Å²) in [5.41, 5.74) is 3.38. The Bertz CT molecular complexity index is 1290. The van der Waals surface area contributed by atoms with E-state index in [4.69, 9.17) is 23.7 Å². The summed E-state index contributed by atoms with van der Waals surface area (Å²) in [5.74, 6) is -0.0986. The van der Waals surface area contributed by atoms with Crippen molar-refractivity contribution in [3.8, 4) is 0 Å². The molecule has 40 heavy (non-hydrogen) atoms. The third kappa shape index (κ3) is 9.12. The minimum absolute atomic E-state index is 0.0721. The van der Waals surface area contributed by atoms with Gasteiger partial charge in [0, 0.05) is 0 Å². The second kappa shape index (κ2) is 15.9. The highest BCUT2D eigenvalue weighted by molar-refractivity contribution is 5.89. The summed E-state index contributed by atoms with van der Waals surface area (Å²) in [6.07, 6.45) is -0.163. The molecule has 0 radical (unpaired) electrons. The summed E-state index contributed by atoms with van der Waals surface area (Å²) in [7, 11) is 1.54. The highest BCUT2D eigenvalue weighted by Gasteiger charge is 2.32. The lowest BCUT2D eigenvalue weighted by molar-refractivity contribution is -0.0951. The quantitative estimate of drug-likeness (QED) is 0.124. The van der Waals surface area contributed by atoms with Crippen molar-refractivity contribution in [3.05, 3.63) is 156 Å². The molecule has 4 rings (SSSR count). The van der Waals surface area contributed by atoms with Crippen LogP contribution in [-0.4, -0.2) is 31.9 Å². The van der Waals surface area contributed by atoms with E-state index in [9.17, 15) is 4.79 Å². The van der Waals surface area contributed by atoms with Crippen LogP contribution in [0.3, 0.4) is 0 Å². The Kier molecular flexibility index (Phi) is 11.4. The highest BCUT2D eigenvalue weighted by Crippen LogP contribution is 2.22. The molecular weight excluding hydrogens is 504 g/mol. The van der Waals surface area contributed by atoms with Crippen LogP contribution in [0, 0.1) is 0 Å². The van der Waals surface area contributed by atoms with Crippen LogP contribution in [0.2, 0.25) is 0 Å². The van der Waals surface area contributed by atoms with Gasteiger partial charge in [0.2, 0.25) is 0 Å². The number of carbonyl (C=O) groups excluding carboxylic acids is 1. The molecule has 6 heteroatoms. The lowest BCUT2D eigenvalue weighted by Crippen LogP contribution is -2.39. The number of methoxy groups -OCH3 is 1. The van der Waals surface area contributed by atoms with E-state index < -0.39 is 18.2 Å². The number of hydrogen-bond acceptors (Lipinski definition) is 6. The summed E-state index contributed by atoms with van der Waals surface area (Å²) in [5, 5.41) is 0. The molecule has 2 atom stereocenters. The van der Waals surface area contributed by atoms with Gasteiger partial charge < -0.3 is 23.7 Å². The number of carbonyl (C=O) groups is 1. The molecule has 0 saturated heterocycles. The molecule has 0 bridgehead atoms. The van der Waals surface area contributed by atoms with Crippen molar-refractivity contribution < 1.29 is 28.5 Å². The average molecular weight is 539 g/mol. The van der Waals surface area contributed by atoms with E-state index in [1.54, 1.807) is 24.3 Å². The predicted molar refractivity (Wildman–Crippen MR) is 153 cm³/mol. The average Bonchev–Trinajstić information content (AvgIpc) is 3.01. The van der Waals surface area contributed by atoms with Gasteiger partial charge in [0.25, 0.3) is 0 Å². The Morgan fingerprint density at radius 2 is 1.18 bits per heavy atom. The maximum Gasteiger partial charge on any atom is 0.338 e.